The molecule has 1 aromatic heterocycles. The van der Waals surface area contributed by atoms with E-state index in [-0.39, 0.29) is 30.6 Å². The summed E-state index contributed by atoms with van der Waals surface area (Å²) < 4.78 is 11.3. The van der Waals surface area contributed by atoms with Crippen LogP contribution in [-0.2, 0) is 32.7 Å². The number of anilines is 1. The largest absolute Gasteiger partial charge is 0.496 e. The van der Waals surface area contributed by atoms with Crippen molar-refractivity contribution in [3.05, 3.63) is 118 Å². The van der Waals surface area contributed by atoms with Crippen molar-refractivity contribution in [3.8, 4) is 17.0 Å². The molecule has 0 spiro atoms. The van der Waals surface area contributed by atoms with Gasteiger partial charge in [0.25, 0.3) is 5.91 Å². The van der Waals surface area contributed by atoms with E-state index in [4.69, 9.17) is 14.6 Å². The Hall–Kier alpha value is -5.28. The molecule has 240 valence electrons. The predicted molar refractivity (Wildman–Crippen MR) is 180 cm³/mol. The number of benzene rings is 3. The number of rotatable bonds is 12. The number of aliphatic imine (C=N–C) groups is 1. The first-order chi connectivity index (χ1) is 22.7. The van der Waals surface area contributed by atoms with Crippen LogP contribution in [-0.4, -0.2) is 54.7 Å². The Morgan fingerprint density at radius 3 is 2.57 bits per heavy atom. The van der Waals surface area contributed by atoms with Gasteiger partial charge in [0.1, 0.15) is 11.3 Å². The molecule has 2 unspecified atom stereocenters. The summed E-state index contributed by atoms with van der Waals surface area (Å²) in [5.74, 6) is -0.390. The number of hydrogen-bond acceptors (Lipinski definition) is 6. The summed E-state index contributed by atoms with van der Waals surface area (Å²) in [6.45, 7) is 2.57. The number of aromatic nitrogens is 1. The van der Waals surface area contributed by atoms with Crippen LogP contribution in [0, 0.1) is 0 Å². The highest BCUT2D eigenvalue weighted by Crippen LogP contribution is 2.39. The fourth-order valence-corrected chi connectivity index (χ4v) is 6.51. The van der Waals surface area contributed by atoms with Crippen LogP contribution in [0.4, 0.5) is 5.69 Å². The summed E-state index contributed by atoms with van der Waals surface area (Å²) in [7, 11) is 3.15. The second-order valence-corrected chi connectivity index (χ2v) is 12.0. The molecular weight excluding hydrogens is 594 g/mol. The molecule has 3 heterocycles. The van der Waals surface area contributed by atoms with E-state index in [9.17, 15) is 14.4 Å². The quantitative estimate of drug-likeness (QED) is 0.185. The minimum absolute atomic E-state index is 0.00925. The van der Waals surface area contributed by atoms with Crippen LogP contribution < -0.4 is 9.64 Å². The number of nitrogens with zero attached hydrogens (tertiary/aromatic N) is 2. The predicted octanol–water partition coefficient (Wildman–Crippen LogP) is 6.48. The zero-order valence-corrected chi connectivity index (χ0v) is 26.7. The molecule has 47 heavy (non-hydrogen) atoms. The van der Waals surface area contributed by atoms with E-state index in [0.29, 0.717) is 29.9 Å². The van der Waals surface area contributed by atoms with Crippen molar-refractivity contribution < 1.29 is 29.0 Å². The number of fused-ring (bicyclic) bond motifs is 1. The molecule has 0 saturated carbocycles. The van der Waals surface area contributed by atoms with Crippen molar-refractivity contribution in [3.63, 3.8) is 0 Å². The first-order valence-corrected chi connectivity index (χ1v) is 15.6. The number of carboxylic acid groups (broad SMARTS) is 1. The molecule has 1 amide bonds. The highest BCUT2D eigenvalue weighted by atomic mass is 16.5. The molecule has 0 aliphatic carbocycles. The van der Waals surface area contributed by atoms with Gasteiger partial charge >= 0.3 is 5.97 Å². The number of carboxylic acids is 1. The molecule has 2 atom stereocenters. The molecule has 4 aromatic rings. The lowest BCUT2D eigenvalue weighted by Crippen LogP contribution is -2.28. The average Bonchev–Trinajstić information content (AvgIpc) is 3.84. The number of nitrogens with one attached hydrogen (secondary N) is 1. The van der Waals surface area contributed by atoms with E-state index in [0.717, 1.165) is 40.1 Å². The normalized spacial score (nSPS) is 17.3. The van der Waals surface area contributed by atoms with Gasteiger partial charge < -0.3 is 24.5 Å². The minimum Gasteiger partial charge on any atom is -0.496 e. The lowest BCUT2D eigenvalue weighted by molar-refractivity contribution is -0.137. The van der Waals surface area contributed by atoms with Crippen molar-refractivity contribution in [2.75, 3.05) is 25.7 Å². The number of hydrogen-bond donors (Lipinski definition) is 2. The van der Waals surface area contributed by atoms with E-state index in [1.54, 1.807) is 32.7 Å². The number of ether oxygens (including phenoxy) is 2. The van der Waals surface area contributed by atoms with Gasteiger partial charge in [0, 0.05) is 61.4 Å². The summed E-state index contributed by atoms with van der Waals surface area (Å²) in [5, 5.41) is 9.06. The second-order valence-electron chi connectivity index (χ2n) is 12.0. The molecule has 9 nitrogen and oxygen atoms in total. The maximum atomic E-state index is 13.7. The smallest absolute Gasteiger partial charge is 0.303 e. The molecular formula is C38H37N3O6. The Labute approximate surface area is 273 Å². The van der Waals surface area contributed by atoms with Gasteiger partial charge in [-0.2, -0.15) is 0 Å². The minimum atomic E-state index is -0.869. The van der Waals surface area contributed by atoms with E-state index < -0.39 is 11.5 Å². The van der Waals surface area contributed by atoms with Gasteiger partial charge in [0.05, 0.1) is 18.8 Å². The van der Waals surface area contributed by atoms with Gasteiger partial charge in [-0.15, -0.1) is 0 Å². The maximum absolute atomic E-state index is 13.7. The lowest BCUT2D eigenvalue weighted by atomic mass is 9.82. The van der Waals surface area contributed by atoms with E-state index >= 15 is 0 Å². The number of carbonyl (C=O) groups is 3. The average molecular weight is 632 g/mol. The van der Waals surface area contributed by atoms with E-state index in [1.807, 2.05) is 78.6 Å². The van der Waals surface area contributed by atoms with Crippen LogP contribution in [0.1, 0.15) is 58.5 Å². The molecule has 0 saturated heterocycles. The summed E-state index contributed by atoms with van der Waals surface area (Å²) in [6, 6.07) is 23.1. The SMILES string of the molecule is COc1cc(CC(=O)C2=CC=NC2(C)c2ccc(C(CCC(=O)O)OC)cc2)ccc1-c1cc(C(=O)N2CCc3ccccc32)c[nH]1. The van der Waals surface area contributed by atoms with Gasteiger partial charge in [-0.1, -0.05) is 48.5 Å². The lowest BCUT2D eigenvalue weighted by Gasteiger charge is -2.26. The van der Waals surface area contributed by atoms with Crippen LogP contribution in [0.3, 0.4) is 0 Å². The Morgan fingerprint density at radius 2 is 1.83 bits per heavy atom. The molecule has 2 aliphatic rings. The van der Waals surface area contributed by atoms with Crippen LogP contribution in [0.5, 0.6) is 5.75 Å². The highest BCUT2D eigenvalue weighted by molar-refractivity contribution is 6.08. The number of methoxy groups -OCH3 is 2. The highest BCUT2D eigenvalue weighted by Gasteiger charge is 2.36. The monoisotopic (exact) mass is 631 g/mol. The van der Waals surface area contributed by atoms with Crippen molar-refractivity contribution in [2.24, 2.45) is 4.99 Å². The molecule has 9 heteroatoms. The van der Waals surface area contributed by atoms with Crippen LogP contribution in [0.15, 0.2) is 95.6 Å². The van der Waals surface area contributed by atoms with Gasteiger partial charge in [-0.05, 0) is 72.4 Å². The number of amides is 1. The Balaban J connectivity index is 1.16. The third kappa shape index (κ3) is 6.26. The molecule has 2 N–H and O–H groups in total. The number of carbonyl (C=O) groups excluding carboxylic acids is 2. The topological polar surface area (TPSA) is 121 Å². The Morgan fingerprint density at radius 1 is 1.04 bits per heavy atom. The van der Waals surface area contributed by atoms with Crippen molar-refractivity contribution in [1.82, 2.24) is 4.98 Å². The number of aromatic amines is 1. The van der Waals surface area contributed by atoms with Crippen LogP contribution in [0.25, 0.3) is 11.3 Å². The number of para-hydroxylation sites is 1. The zero-order valence-electron chi connectivity index (χ0n) is 26.7. The van der Waals surface area contributed by atoms with Crippen LogP contribution in [0.2, 0.25) is 0 Å². The third-order valence-corrected chi connectivity index (χ3v) is 9.13. The number of Topliss-reactive ketones (excluding diaryl/α,β-unsaturated/α-hetero) is 1. The fraction of sp³-hybridized carbons (Fsp3) is 0.263. The number of H-pyrrole nitrogens is 1. The standard InChI is InChI=1S/C38H37N3O6/c1-38(28-11-9-26(10-12-28)34(46-2)14-15-36(43)44)30(16-18-40-38)33(42)20-24-8-13-29(35(21-24)47-3)31-22-27(23-39-31)37(45)41-19-17-25-6-4-5-7-32(25)41/h4-13,16,18,21-23,34,39H,14-15,17,19-20H2,1-3H3,(H,43,44). The first kappa shape index (κ1) is 31.7. The molecule has 0 bridgehead atoms. The number of ketones is 1. The molecule has 6 rings (SSSR count). The summed E-state index contributed by atoms with van der Waals surface area (Å²) in [4.78, 5) is 47.8. The summed E-state index contributed by atoms with van der Waals surface area (Å²) >= 11 is 0. The summed E-state index contributed by atoms with van der Waals surface area (Å²) in [6.07, 6.45) is 6.19. The van der Waals surface area contributed by atoms with Crippen molar-refractivity contribution >= 4 is 29.6 Å². The Kier molecular flexibility index (Phi) is 8.91. The van der Waals surface area contributed by atoms with Gasteiger partial charge in [0.15, 0.2) is 5.78 Å². The third-order valence-electron chi connectivity index (χ3n) is 9.13. The maximum Gasteiger partial charge on any atom is 0.303 e. The van der Waals surface area contributed by atoms with Crippen molar-refractivity contribution in [2.45, 2.75) is 44.2 Å². The fourth-order valence-electron chi connectivity index (χ4n) is 6.51. The van der Waals surface area contributed by atoms with Gasteiger partial charge in [-0.25, -0.2) is 0 Å². The van der Waals surface area contributed by atoms with Crippen molar-refractivity contribution in [1.29, 1.82) is 0 Å². The van der Waals surface area contributed by atoms with Gasteiger partial charge in [-0.3, -0.25) is 19.4 Å². The van der Waals surface area contributed by atoms with E-state index in [2.05, 4.69) is 16.0 Å². The first-order valence-electron chi connectivity index (χ1n) is 15.6. The van der Waals surface area contributed by atoms with Crippen LogP contribution >= 0.6 is 0 Å². The second kappa shape index (κ2) is 13.2. The molecule has 0 fully saturated rings. The number of aliphatic carboxylic acids is 1. The molecule has 2 aliphatic heterocycles. The molecule has 0 radical (unpaired) electrons. The van der Waals surface area contributed by atoms with E-state index in [1.165, 1.54) is 5.56 Å². The van der Waals surface area contributed by atoms with Gasteiger partial charge in [0.2, 0.25) is 0 Å². The summed E-state index contributed by atoms with van der Waals surface area (Å²) in [5.41, 5.74) is 6.47. The zero-order chi connectivity index (χ0) is 33.1. The Bertz CT molecular complexity index is 1890. The number of allylic oxidation sites excluding steroid dienone is 1. The molecule has 3 aromatic carbocycles.